The monoisotopic (exact) mass is 1090 g/mol. The second kappa shape index (κ2) is 23.0. The maximum Gasteiger partial charge on any atom is 0.326 e. The fraction of sp³-hybridized carbons (Fsp3) is 0.316. The molecule has 18 N–H and O–H groups in total. The third kappa shape index (κ3) is 14.6. The summed E-state index contributed by atoms with van der Waals surface area (Å²) in [4.78, 5) is 105. The van der Waals surface area contributed by atoms with E-state index in [1.807, 2.05) is 0 Å². The van der Waals surface area contributed by atoms with Gasteiger partial charge in [0, 0.05) is 82.6 Å². The summed E-state index contributed by atoms with van der Waals surface area (Å²) in [6.45, 7) is 1.92. The number of nitrogens with zero attached hydrogens (tertiary/aromatic N) is 2. The van der Waals surface area contributed by atoms with Gasteiger partial charge in [0.1, 0.15) is 23.5 Å². The van der Waals surface area contributed by atoms with Crippen LogP contribution >= 0.6 is 0 Å². The van der Waals surface area contributed by atoms with Crippen LogP contribution in [0.2, 0.25) is 0 Å². The van der Waals surface area contributed by atoms with E-state index >= 15 is 0 Å². The van der Waals surface area contributed by atoms with Crippen LogP contribution in [-0.2, 0) is 40.2 Å². The molecule has 26 nitrogen and oxygen atoms in total. The zero-order valence-electron chi connectivity index (χ0n) is 34.0. The van der Waals surface area contributed by atoms with Gasteiger partial charge in [0.25, 0.3) is 22.9 Å². The van der Waals surface area contributed by atoms with Crippen molar-refractivity contribution in [3.8, 4) is 0 Å². The molecule has 350 valence electrons. The van der Waals surface area contributed by atoms with Gasteiger partial charge in [-0.3, -0.25) is 38.7 Å². The number of hydrogen-bond acceptors (Lipinski definition) is 18. The van der Waals surface area contributed by atoms with E-state index in [1.54, 1.807) is 24.3 Å². The van der Waals surface area contributed by atoms with Crippen LogP contribution in [-0.4, -0.2) is 126 Å². The van der Waals surface area contributed by atoms with E-state index in [0.717, 1.165) is 0 Å². The van der Waals surface area contributed by atoms with Crippen molar-refractivity contribution in [1.82, 2.24) is 30.6 Å². The molecule has 2 aromatic heterocycles. The number of rotatable bonds is 18. The van der Waals surface area contributed by atoms with Gasteiger partial charge in [0.05, 0.1) is 12.1 Å². The molecule has 4 atom stereocenters. The number of benzene rings is 2. The number of nitrogen functional groups attached to an aromatic ring is 2. The van der Waals surface area contributed by atoms with Crippen molar-refractivity contribution in [2.75, 3.05) is 69.5 Å². The molecule has 6 rings (SSSR count). The molecule has 2 aromatic carbocycles. The molecule has 2 aliphatic heterocycles. The molecule has 2 unspecified atom stereocenters. The molecule has 65 heavy (non-hydrogen) atoms. The second-order valence-corrected chi connectivity index (χ2v) is 14.3. The van der Waals surface area contributed by atoms with Crippen molar-refractivity contribution in [2.45, 2.75) is 49.9 Å². The Bertz CT molecular complexity index is 2320. The Morgan fingerprint density at radius 3 is 1.29 bits per heavy atom. The fourth-order valence-corrected chi connectivity index (χ4v) is 6.20. The molecule has 2 amide bonds. The Balaban J connectivity index is 0.000000280. The number of amides is 2. The van der Waals surface area contributed by atoms with Crippen molar-refractivity contribution in [3.05, 3.63) is 80.4 Å². The Morgan fingerprint density at radius 2 is 0.969 bits per heavy atom. The minimum atomic E-state index is -1.30. The molecule has 27 heteroatoms. The average Bonchev–Trinajstić information content (AvgIpc) is 3.25. The number of nitrogens with one attached hydrogen (secondary N) is 10. The zero-order valence-corrected chi connectivity index (χ0v) is 36.3. The number of nitrogens with two attached hydrogens (primary N) is 2. The third-order valence-electron chi connectivity index (χ3n) is 9.50. The number of hydrogen-bond donors (Lipinski definition) is 16. The van der Waals surface area contributed by atoms with Crippen molar-refractivity contribution in [1.29, 1.82) is 0 Å². The third-order valence-corrected chi connectivity index (χ3v) is 9.50. The van der Waals surface area contributed by atoms with Crippen LogP contribution in [0.15, 0.2) is 58.1 Å². The molecule has 0 radical (unpaired) electrons. The predicted octanol–water partition coefficient (Wildman–Crippen LogP) is -0.566. The molecular formula is C38H46N14O12Pt. The quantitative estimate of drug-likeness (QED) is 0.0593. The van der Waals surface area contributed by atoms with E-state index in [2.05, 4.69) is 62.5 Å². The van der Waals surface area contributed by atoms with Crippen LogP contribution in [0.3, 0.4) is 0 Å². The van der Waals surface area contributed by atoms with Crippen LogP contribution in [0.5, 0.6) is 0 Å². The van der Waals surface area contributed by atoms with Gasteiger partial charge < -0.3 is 74.4 Å². The van der Waals surface area contributed by atoms with E-state index in [1.165, 1.54) is 24.3 Å². The summed E-state index contributed by atoms with van der Waals surface area (Å²) in [6.07, 6.45) is -1.17. The van der Waals surface area contributed by atoms with Crippen molar-refractivity contribution in [3.63, 3.8) is 0 Å². The van der Waals surface area contributed by atoms with Crippen LogP contribution in [0.4, 0.5) is 46.3 Å². The maximum absolute atomic E-state index is 12.3. The SMILES string of the molecule is Nc1nc2c(c(=O)[nH]1)NC(CNc1ccc(C(=O)N[C@@H](CCC(=O)O)C(=O)O)cc1)CN2.Nc1nc2c(c(=O)[nH]1)NC(CNc1ccc(C(=O)N[C@@H](CCC(=O)O)C(=O)O)cc1)CN2.[Pt]. The Kier molecular flexibility index (Phi) is 17.6. The van der Waals surface area contributed by atoms with Crippen molar-refractivity contribution in [2.24, 2.45) is 0 Å². The number of aromatic nitrogens is 4. The smallest absolute Gasteiger partial charge is 0.326 e. The summed E-state index contributed by atoms with van der Waals surface area (Å²) in [5.41, 5.74) is 12.8. The fourth-order valence-electron chi connectivity index (χ4n) is 6.20. The molecule has 2 aliphatic rings. The van der Waals surface area contributed by atoms with Crippen LogP contribution in [0.1, 0.15) is 46.4 Å². The van der Waals surface area contributed by atoms with Gasteiger partial charge in [-0.25, -0.2) is 9.59 Å². The molecule has 0 saturated heterocycles. The standard InChI is InChI=1S/2C19H23N7O6.Pt/c2*20-19-25-15-14(17(30)26-19)23-11(8-22-15)7-21-10-3-1-9(2-4-10)16(29)24-12(18(31)32)5-6-13(27)28;/h2*1-4,11-12,21,23H,5-8H2,(H,24,29)(H,27,28)(H,31,32)(H4,20,22,25,26,30);/t2*11?,12-;/m00./s1. The second-order valence-electron chi connectivity index (χ2n) is 14.3. The first-order chi connectivity index (χ1) is 30.4. The van der Waals surface area contributed by atoms with Crippen molar-refractivity contribution < 1.29 is 70.3 Å². The maximum atomic E-state index is 12.3. The van der Waals surface area contributed by atoms with Gasteiger partial charge in [-0.15, -0.1) is 0 Å². The number of carbonyl (C=O) groups is 6. The summed E-state index contributed by atoms with van der Waals surface area (Å²) in [6, 6.07) is 9.87. The molecule has 0 saturated carbocycles. The van der Waals surface area contributed by atoms with E-state index in [0.29, 0.717) is 60.6 Å². The van der Waals surface area contributed by atoms with Crippen LogP contribution < -0.4 is 65.1 Å². The van der Waals surface area contributed by atoms with Crippen LogP contribution in [0, 0.1) is 0 Å². The van der Waals surface area contributed by atoms with Gasteiger partial charge in [0.15, 0.2) is 11.6 Å². The van der Waals surface area contributed by atoms with E-state index < -0.39 is 47.8 Å². The summed E-state index contributed by atoms with van der Waals surface area (Å²) in [5.74, 6) is -5.28. The number of anilines is 8. The van der Waals surface area contributed by atoms with Gasteiger partial charge in [-0.1, -0.05) is 0 Å². The Hall–Kier alpha value is -7.89. The number of aromatic amines is 2. The molecule has 4 heterocycles. The van der Waals surface area contributed by atoms with Gasteiger partial charge in [-0.05, 0) is 61.4 Å². The molecule has 0 bridgehead atoms. The topological polar surface area (TPSA) is 423 Å². The molecule has 4 aromatic rings. The van der Waals surface area contributed by atoms with Gasteiger partial charge >= 0.3 is 23.9 Å². The van der Waals surface area contributed by atoms with Gasteiger partial charge in [0.2, 0.25) is 11.9 Å². The molecule has 0 fully saturated rings. The summed E-state index contributed by atoms with van der Waals surface area (Å²) in [7, 11) is 0. The Morgan fingerprint density at radius 1 is 0.615 bits per heavy atom. The predicted molar refractivity (Wildman–Crippen MR) is 232 cm³/mol. The molecule has 0 spiro atoms. The molecular weight excluding hydrogens is 1040 g/mol. The summed E-state index contributed by atoms with van der Waals surface area (Å²) >= 11 is 0. The summed E-state index contributed by atoms with van der Waals surface area (Å²) < 4.78 is 0. The zero-order chi connectivity index (χ0) is 46.5. The van der Waals surface area contributed by atoms with Gasteiger partial charge in [-0.2, -0.15) is 9.97 Å². The minimum absolute atomic E-state index is 0. The first-order valence-electron chi connectivity index (χ1n) is 19.4. The van der Waals surface area contributed by atoms with E-state index in [-0.39, 0.29) is 93.0 Å². The number of fused-ring (bicyclic) bond motifs is 2. The number of carboxylic acids is 4. The number of carboxylic acid groups (broad SMARTS) is 4. The number of H-pyrrole nitrogens is 2. The molecule has 0 aliphatic carbocycles. The largest absolute Gasteiger partial charge is 0.481 e. The first-order valence-corrected chi connectivity index (χ1v) is 19.4. The number of carbonyl (C=O) groups excluding carboxylic acids is 2. The van der Waals surface area contributed by atoms with Crippen molar-refractivity contribution >= 4 is 82.0 Å². The summed E-state index contributed by atoms with van der Waals surface area (Å²) in [5, 5.41) is 59.0. The average molecular weight is 1090 g/mol. The van der Waals surface area contributed by atoms with E-state index in [9.17, 15) is 38.4 Å². The normalized spacial score (nSPS) is 15.2. The Labute approximate surface area is 381 Å². The van der Waals surface area contributed by atoms with E-state index in [4.69, 9.17) is 31.9 Å². The minimum Gasteiger partial charge on any atom is -0.481 e. The first kappa shape index (κ1) is 49.8. The number of aliphatic carboxylic acids is 4. The van der Waals surface area contributed by atoms with Crippen LogP contribution in [0.25, 0.3) is 0 Å².